The van der Waals surface area contributed by atoms with E-state index in [0.717, 1.165) is 50.9 Å². The van der Waals surface area contributed by atoms with Gasteiger partial charge in [0, 0.05) is 18.6 Å². The first-order chi connectivity index (χ1) is 22.8. The highest BCUT2D eigenvalue weighted by atomic mass is 32.3. The summed E-state index contributed by atoms with van der Waals surface area (Å²) in [7, 11) is -4.55. The Labute approximate surface area is 296 Å². The van der Waals surface area contributed by atoms with Crippen LogP contribution >= 0.6 is 0 Å². The van der Waals surface area contributed by atoms with E-state index < -0.39 is 16.5 Å². The van der Waals surface area contributed by atoms with E-state index in [-0.39, 0.29) is 12.5 Å². The van der Waals surface area contributed by atoms with Crippen LogP contribution < -0.4 is 16.4 Å². The zero-order valence-corrected chi connectivity index (χ0v) is 32.0. The zero-order chi connectivity index (χ0) is 36.4. The van der Waals surface area contributed by atoms with Gasteiger partial charge in [-0.2, -0.15) is 8.42 Å². The normalized spacial score (nSPS) is 32.5. The van der Waals surface area contributed by atoms with Gasteiger partial charge in [0.2, 0.25) is 0 Å². The molecule has 0 aromatic heterocycles. The topological polar surface area (TPSA) is 134 Å². The van der Waals surface area contributed by atoms with Gasteiger partial charge in [-0.3, -0.25) is 4.55 Å². The van der Waals surface area contributed by atoms with Crippen LogP contribution in [0.1, 0.15) is 131 Å². The number of aliphatic hydroxyl groups excluding tert-OH is 1. The molecule has 3 saturated carbocycles. The van der Waals surface area contributed by atoms with Crippen molar-refractivity contribution < 1.29 is 22.3 Å². The molecule has 0 aromatic rings. The minimum atomic E-state index is -4.55. The molecule has 48 heavy (non-hydrogen) atoms. The van der Waals surface area contributed by atoms with Gasteiger partial charge < -0.3 is 21.5 Å². The SMILES string of the molecule is C#C.C#C.CC(CO)C(CCC(C)C1CCC2CCCC3C[C@@H](NCCCNCCCCN)CC[C@]3(C)C(C)CC[C@@]21C)OS(=O)(=O)O. The third-order valence-electron chi connectivity index (χ3n) is 13.0. The van der Waals surface area contributed by atoms with E-state index in [1.165, 1.54) is 77.0 Å². The maximum Gasteiger partial charge on any atom is 0.397 e. The standard InChI is InChI=1S/C35H69N3O5S.2C2H2/c1-26(12-15-33(27(2)25-39)43-44(40,41)42)32-14-13-29-10-8-11-30-24-31(38-23-9-22-37-21-7-6-20-36)17-19-34(30,4)28(3)16-18-35(29,32)5;2*1-2/h26-33,37-39H,6-25,36H2,1-5H3,(H,40,41,42);2*1-2H/t26?,27?,28?,29?,30?,31-,32?,33?,34+,35-;;/m0../s1. The summed E-state index contributed by atoms with van der Waals surface area (Å²) in [6, 6.07) is 0.657. The summed E-state index contributed by atoms with van der Waals surface area (Å²) in [5.74, 6) is 2.95. The number of hydrogen-bond acceptors (Lipinski definition) is 7. The third kappa shape index (κ3) is 13.5. The maximum atomic E-state index is 11.5. The Morgan fingerprint density at radius 3 is 2.17 bits per heavy atom. The summed E-state index contributed by atoms with van der Waals surface area (Å²) in [6.07, 6.45) is 33.2. The number of hydrogen-bond donors (Lipinski definition) is 5. The molecule has 0 aromatic carbocycles. The lowest BCUT2D eigenvalue weighted by molar-refractivity contribution is -0.00200. The van der Waals surface area contributed by atoms with Crippen LogP contribution in [0.3, 0.4) is 0 Å². The van der Waals surface area contributed by atoms with E-state index in [4.69, 9.17) is 9.92 Å². The van der Waals surface area contributed by atoms with E-state index in [1.54, 1.807) is 6.92 Å². The van der Waals surface area contributed by atoms with Crippen LogP contribution in [-0.4, -0.2) is 63.0 Å². The van der Waals surface area contributed by atoms with Crippen molar-refractivity contribution in [3.8, 4) is 25.7 Å². The van der Waals surface area contributed by atoms with Crippen molar-refractivity contribution >= 4 is 10.4 Å². The summed E-state index contributed by atoms with van der Waals surface area (Å²) in [4.78, 5) is 0. The van der Waals surface area contributed by atoms with Gasteiger partial charge in [0.1, 0.15) is 0 Å². The first kappa shape index (κ1) is 44.9. The highest BCUT2D eigenvalue weighted by Gasteiger charge is 2.50. The largest absolute Gasteiger partial charge is 0.397 e. The second-order valence-corrected chi connectivity index (χ2v) is 16.8. The molecule has 3 rings (SSSR count). The molecule has 8 nitrogen and oxygen atoms in total. The summed E-state index contributed by atoms with van der Waals surface area (Å²) < 4.78 is 37.2. The first-order valence-corrected chi connectivity index (χ1v) is 20.3. The average molecular weight is 696 g/mol. The molecule has 0 saturated heterocycles. The van der Waals surface area contributed by atoms with Gasteiger partial charge in [-0.15, -0.1) is 25.7 Å². The van der Waals surface area contributed by atoms with Crippen molar-refractivity contribution in [3.05, 3.63) is 0 Å². The van der Waals surface area contributed by atoms with Crippen LogP contribution in [0.5, 0.6) is 0 Å². The Kier molecular flexibility index (Phi) is 21.1. The maximum absolute atomic E-state index is 11.5. The van der Waals surface area contributed by atoms with Crippen LogP contribution in [0.2, 0.25) is 0 Å². The zero-order valence-electron chi connectivity index (χ0n) is 31.2. The molecule has 3 aliphatic carbocycles. The quantitative estimate of drug-likeness (QED) is 0.0635. The monoisotopic (exact) mass is 696 g/mol. The van der Waals surface area contributed by atoms with E-state index in [1.807, 2.05) is 0 Å². The highest BCUT2D eigenvalue weighted by molar-refractivity contribution is 7.80. The molecule has 0 aliphatic heterocycles. The fourth-order valence-corrected chi connectivity index (χ4v) is 10.3. The van der Waals surface area contributed by atoms with Gasteiger partial charge in [0.25, 0.3) is 0 Å². The summed E-state index contributed by atoms with van der Waals surface area (Å²) in [5.41, 5.74) is 6.30. The number of terminal acetylenes is 2. The van der Waals surface area contributed by atoms with Gasteiger partial charge >= 0.3 is 10.4 Å². The number of unbranched alkanes of at least 4 members (excludes halogenated alkanes) is 1. The molecule has 3 aliphatic rings. The van der Waals surface area contributed by atoms with Crippen LogP contribution in [-0.2, 0) is 14.6 Å². The fourth-order valence-electron chi connectivity index (χ4n) is 9.68. The minimum Gasteiger partial charge on any atom is -0.396 e. The molecular formula is C39H73N3O5S. The first-order valence-electron chi connectivity index (χ1n) is 18.9. The van der Waals surface area contributed by atoms with Crippen molar-refractivity contribution in [3.63, 3.8) is 0 Å². The van der Waals surface area contributed by atoms with Crippen LogP contribution in [0, 0.1) is 72.0 Å². The molecule has 7 unspecified atom stereocenters. The molecule has 0 spiro atoms. The van der Waals surface area contributed by atoms with Crippen molar-refractivity contribution in [1.29, 1.82) is 0 Å². The molecular weight excluding hydrogens is 623 g/mol. The lowest BCUT2D eigenvalue weighted by atomic mass is 9.55. The van der Waals surface area contributed by atoms with E-state index >= 15 is 0 Å². The van der Waals surface area contributed by atoms with Gasteiger partial charge in [0.05, 0.1) is 6.10 Å². The number of nitrogens with two attached hydrogens (primary N) is 1. The van der Waals surface area contributed by atoms with E-state index in [2.05, 4.69) is 64.0 Å². The van der Waals surface area contributed by atoms with Crippen molar-refractivity contribution in [2.75, 3.05) is 32.8 Å². The number of nitrogens with one attached hydrogen (secondary N) is 2. The number of fused-ring (bicyclic) bond motifs is 2. The van der Waals surface area contributed by atoms with Crippen LogP contribution in [0.15, 0.2) is 0 Å². The van der Waals surface area contributed by atoms with Crippen LogP contribution in [0.4, 0.5) is 0 Å². The molecule has 10 atom stereocenters. The minimum absolute atomic E-state index is 0.167. The summed E-state index contributed by atoms with van der Waals surface area (Å²) >= 11 is 0. The predicted molar refractivity (Wildman–Crippen MR) is 200 cm³/mol. The fraction of sp³-hybridized carbons (Fsp3) is 0.897. The number of rotatable bonds is 17. The van der Waals surface area contributed by atoms with Gasteiger partial charge in [-0.1, -0.05) is 41.0 Å². The van der Waals surface area contributed by atoms with Gasteiger partial charge in [0.15, 0.2) is 0 Å². The molecule has 9 heteroatoms. The van der Waals surface area contributed by atoms with Crippen LogP contribution in [0.25, 0.3) is 0 Å². The molecule has 6 N–H and O–H groups in total. The van der Waals surface area contributed by atoms with Gasteiger partial charge in [-0.05, 0) is 156 Å². The highest BCUT2D eigenvalue weighted by Crippen LogP contribution is 2.59. The van der Waals surface area contributed by atoms with Crippen molar-refractivity contribution in [1.82, 2.24) is 10.6 Å². The van der Waals surface area contributed by atoms with Crippen molar-refractivity contribution in [2.45, 2.75) is 143 Å². The Balaban J connectivity index is 0.00000277. The lowest BCUT2D eigenvalue weighted by Crippen LogP contribution is -2.46. The Hall–Kier alpha value is -1.17. The molecule has 0 heterocycles. The molecule has 0 bridgehead atoms. The Bertz CT molecular complexity index is 1020. The molecule has 0 radical (unpaired) electrons. The Morgan fingerprint density at radius 2 is 1.52 bits per heavy atom. The molecule has 280 valence electrons. The second kappa shape index (κ2) is 22.6. The van der Waals surface area contributed by atoms with Crippen molar-refractivity contribution in [2.24, 2.45) is 52.1 Å². The van der Waals surface area contributed by atoms with Gasteiger partial charge in [-0.25, -0.2) is 4.18 Å². The number of aliphatic hydroxyl groups is 1. The van der Waals surface area contributed by atoms with E-state index in [0.29, 0.717) is 41.0 Å². The summed E-state index contributed by atoms with van der Waals surface area (Å²) in [5, 5.41) is 17.1. The second-order valence-electron chi connectivity index (χ2n) is 15.8. The molecule has 0 amide bonds. The molecule has 3 fully saturated rings. The lowest BCUT2D eigenvalue weighted by Gasteiger charge is -2.51. The third-order valence-corrected chi connectivity index (χ3v) is 13.5. The smallest absolute Gasteiger partial charge is 0.396 e. The Morgan fingerprint density at radius 1 is 0.875 bits per heavy atom. The summed E-state index contributed by atoms with van der Waals surface area (Å²) in [6.45, 7) is 15.7. The van der Waals surface area contributed by atoms with E-state index in [9.17, 15) is 18.1 Å². The average Bonchev–Trinajstić information content (AvgIpc) is 3.40. The predicted octanol–water partition coefficient (Wildman–Crippen LogP) is 6.83.